The van der Waals surface area contributed by atoms with E-state index in [0.29, 0.717) is 22.9 Å². The summed E-state index contributed by atoms with van der Waals surface area (Å²) < 4.78 is 2.25. The average molecular weight is 299 g/mol. The number of rotatable bonds is 5. The molecule has 4 heteroatoms. The Labute approximate surface area is 124 Å². The lowest BCUT2D eigenvalue weighted by Crippen LogP contribution is -2.11. The van der Waals surface area contributed by atoms with Crippen LogP contribution in [0.1, 0.15) is 45.5 Å². The summed E-state index contributed by atoms with van der Waals surface area (Å²) in [5.74, 6) is 2.05. The Hall–Kier alpha value is -0.730. The normalized spacial score (nSPS) is 14.8. The summed E-state index contributed by atoms with van der Waals surface area (Å²) >= 11 is 12.1. The van der Waals surface area contributed by atoms with Gasteiger partial charge in [-0.3, -0.25) is 0 Å². The Kier molecular flexibility index (Phi) is 4.75. The molecule has 1 heterocycles. The molecule has 2 nitrogen and oxygen atoms in total. The van der Waals surface area contributed by atoms with Crippen molar-refractivity contribution in [3.05, 3.63) is 29.0 Å². The van der Waals surface area contributed by atoms with Gasteiger partial charge in [0.05, 0.1) is 16.9 Å². The molecule has 104 valence electrons. The van der Waals surface area contributed by atoms with E-state index in [2.05, 4.69) is 30.3 Å². The second kappa shape index (κ2) is 6.15. The Morgan fingerprint density at radius 1 is 1.32 bits per heavy atom. The van der Waals surface area contributed by atoms with Crippen LogP contribution in [0, 0.1) is 5.92 Å². The van der Waals surface area contributed by atoms with Crippen molar-refractivity contribution in [3.63, 3.8) is 0 Å². The Balaban J connectivity index is 2.45. The van der Waals surface area contributed by atoms with Gasteiger partial charge in [0.25, 0.3) is 0 Å². The minimum absolute atomic E-state index is 0.398. The molecule has 0 aliphatic carbocycles. The molecule has 0 spiro atoms. The predicted molar refractivity (Wildman–Crippen MR) is 83.1 cm³/mol. The summed E-state index contributed by atoms with van der Waals surface area (Å²) in [7, 11) is 0. The molecule has 0 fully saturated rings. The zero-order chi connectivity index (χ0) is 14.0. The molecule has 0 saturated carbocycles. The van der Waals surface area contributed by atoms with E-state index in [1.807, 2.05) is 18.2 Å². The zero-order valence-electron chi connectivity index (χ0n) is 11.7. The van der Waals surface area contributed by atoms with Crippen molar-refractivity contribution < 1.29 is 0 Å². The molecule has 0 saturated heterocycles. The highest BCUT2D eigenvalue weighted by Crippen LogP contribution is 2.28. The first-order valence-electron chi connectivity index (χ1n) is 6.79. The fraction of sp³-hybridized carbons (Fsp3) is 0.533. The SMILES string of the molecule is CCC(C)CC(C)n1c(CCl)nc2cc(Cl)ccc21. The van der Waals surface area contributed by atoms with Crippen LogP contribution in [0.15, 0.2) is 18.2 Å². The second-order valence-electron chi connectivity index (χ2n) is 5.26. The van der Waals surface area contributed by atoms with Gasteiger partial charge in [0.2, 0.25) is 0 Å². The van der Waals surface area contributed by atoms with E-state index in [4.69, 9.17) is 23.2 Å². The highest BCUT2D eigenvalue weighted by atomic mass is 35.5. The fourth-order valence-corrected chi connectivity index (χ4v) is 2.92. The zero-order valence-corrected chi connectivity index (χ0v) is 13.2. The molecule has 2 unspecified atom stereocenters. The number of benzene rings is 1. The van der Waals surface area contributed by atoms with Gasteiger partial charge in [-0.25, -0.2) is 4.98 Å². The Morgan fingerprint density at radius 2 is 2.05 bits per heavy atom. The molecule has 19 heavy (non-hydrogen) atoms. The van der Waals surface area contributed by atoms with E-state index >= 15 is 0 Å². The smallest absolute Gasteiger partial charge is 0.125 e. The number of aromatic nitrogens is 2. The van der Waals surface area contributed by atoms with E-state index in [1.165, 1.54) is 6.42 Å². The molecule has 0 radical (unpaired) electrons. The maximum absolute atomic E-state index is 6.04. The van der Waals surface area contributed by atoms with E-state index in [9.17, 15) is 0 Å². The van der Waals surface area contributed by atoms with Crippen molar-refractivity contribution >= 4 is 34.2 Å². The van der Waals surface area contributed by atoms with E-state index in [0.717, 1.165) is 23.3 Å². The molecule has 0 amide bonds. The summed E-state index contributed by atoms with van der Waals surface area (Å²) in [6.45, 7) is 6.75. The van der Waals surface area contributed by atoms with Crippen LogP contribution in [-0.2, 0) is 5.88 Å². The standard InChI is InChI=1S/C15H20Cl2N2/c1-4-10(2)7-11(3)19-14-6-5-12(17)8-13(14)18-15(19)9-16/h5-6,8,10-11H,4,7,9H2,1-3H3. The molecular formula is C15H20Cl2N2. The van der Waals surface area contributed by atoms with Crippen LogP contribution in [0.3, 0.4) is 0 Å². The van der Waals surface area contributed by atoms with Crippen LogP contribution >= 0.6 is 23.2 Å². The second-order valence-corrected chi connectivity index (χ2v) is 5.97. The van der Waals surface area contributed by atoms with Gasteiger partial charge < -0.3 is 4.57 Å². The number of nitrogens with zero attached hydrogens (tertiary/aromatic N) is 2. The number of halogens is 2. The monoisotopic (exact) mass is 298 g/mol. The highest BCUT2D eigenvalue weighted by Gasteiger charge is 2.17. The lowest BCUT2D eigenvalue weighted by Gasteiger charge is -2.20. The van der Waals surface area contributed by atoms with E-state index in [1.54, 1.807) is 0 Å². The van der Waals surface area contributed by atoms with Crippen molar-refractivity contribution in [1.82, 2.24) is 9.55 Å². The van der Waals surface area contributed by atoms with E-state index in [-0.39, 0.29) is 0 Å². The van der Waals surface area contributed by atoms with Crippen molar-refractivity contribution in [2.45, 2.75) is 45.5 Å². The number of hydrogen-bond donors (Lipinski definition) is 0. The third kappa shape index (κ3) is 3.06. The minimum atomic E-state index is 0.398. The van der Waals surface area contributed by atoms with Gasteiger partial charge in [0, 0.05) is 11.1 Å². The summed E-state index contributed by atoms with van der Waals surface area (Å²) in [6.07, 6.45) is 2.33. The fourth-order valence-electron chi connectivity index (χ4n) is 2.56. The summed E-state index contributed by atoms with van der Waals surface area (Å²) in [6, 6.07) is 6.25. The lowest BCUT2D eigenvalue weighted by atomic mass is 10.00. The maximum atomic E-state index is 6.04. The molecule has 1 aromatic heterocycles. The number of alkyl halides is 1. The van der Waals surface area contributed by atoms with Crippen LogP contribution in [-0.4, -0.2) is 9.55 Å². The van der Waals surface area contributed by atoms with Gasteiger partial charge in [-0.1, -0.05) is 31.9 Å². The number of fused-ring (bicyclic) bond motifs is 1. The molecular weight excluding hydrogens is 279 g/mol. The third-order valence-corrected chi connectivity index (χ3v) is 4.20. The minimum Gasteiger partial charge on any atom is -0.324 e. The first-order valence-corrected chi connectivity index (χ1v) is 7.70. The van der Waals surface area contributed by atoms with Crippen LogP contribution < -0.4 is 0 Å². The van der Waals surface area contributed by atoms with Gasteiger partial charge in [0.1, 0.15) is 5.82 Å². The quantitative estimate of drug-likeness (QED) is 0.673. The molecule has 2 rings (SSSR count). The van der Waals surface area contributed by atoms with Gasteiger partial charge in [0.15, 0.2) is 0 Å². The van der Waals surface area contributed by atoms with Crippen LogP contribution in [0.4, 0.5) is 0 Å². The molecule has 0 bridgehead atoms. The van der Waals surface area contributed by atoms with Gasteiger partial charge in [-0.15, -0.1) is 11.6 Å². The van der Waals surface area contributed by atoms with Crippen molar-refractivity contribution in [2.75, 3.05) is 0 Å². The third-order valence-electron chi connectivity index (χ3n) is 3.73. The molecule has 0 N–H and O–H groups in total. The Bertz CT molecular complexity index is 563. The lowest BCUT2D eigenvalue weighted by molar-refractivity contribution is 0.399. The van der Waals surface area contributed by atoms with Gasteiger partial charge >= 0.3 is 0 Å². The van der Waals surface area contributed by atoms with E-state index < -0.39 is 0 Å². The maximum Gasteiger partial charge on any atom is 0.125 e. The summed E-state index contributed by atoms with van der Waals surface area (Å²) in [5, 5.41) is 0.716. The summed E-state index contributed by atoms with van der Waals surface area (Å²) in [4.78, 5) is 4.59. The molecule has 0 aliphatic rings. The first kappa shape index (κ1) is 14.7. The van der Waals surface area contributed by atoms with Crippen molar-refractivity contribution in [2.24, 2.45) is 5.92 Å². The van der Waals surface area contributed by atoms with Gasteiger partial charge in [-0.2, -0.15) is 0 Å². The largest absolute Gasteiger partial charge is 0.324 e. The number of imidazole rings is 1. The first-order chi connectivity index (χ1) is 9.06. The molecule has 2 atom stereocenters. The molecule has 1 aromatic carbocycles. The predicted octanol–water partition coefficient (Wildman–Crippen LogP) is 5.43. The van der Waals surface area contributed by atoms with Crippen molar-refractivity contribution in [1.29, 1.82) is 0 Å². The number of hydrogen-bond acceptors (Lipinski definition) is 1. The summed E-state index contributed by atoms with van der Waals surface area (Å²) in [5.41, 5.74) is 2.05. The average Bonchev–Trinajstić information content (AvgIpc) is 2.75. The van der Waals surface area contributed by atoms with Crippen LogP contribution in [0.5, 0.6) is 0 Å². The van der Waals surface area contributed by atoms with Crippen molar-refractivity contribution in [3.8, 4) is 0 Å². The van der Waals surface area contributed by atoms with Crippen LogP contribution in [0.25, 0.3) is 11.0 Å². The topological polar surface area (TPSA) is 17.8 Å². The Morgan fingerprint density at radius 3 is 2.68 bits per heavy atom. The highest BCUT2D eigenvalue weighted by molar-refractivity contribution is 6.31. The van der Waals surface area contributed by atoms with Gasteiger partial charge in [-0.05, 0) is 37.5 Å². The van der Waals surface area contributed by atoms with Crippen LogP contribution in [0.2, 0.25) is 5.02 Å². The molecule has 0 aliphatic heterocycles. The molecule has 2 aromatic rings.